The number of nitrogens with zero attached hydrogens (tertiary/aromatic N) is 1. The van der Waals surface area contributed by atoms with E-state index in [0.29, 0.717) is 18.7 Å². The number of carbonyl (C=O) groups excluding carboxylic acids is 2. The fourth-order valence-electron chi connectivity index (χ4n) is 4.07. The maximum Gasteiger partial charge on any atom is 0.261 e. The molecule has 3 aromatic rings. The van der Waals surface area contributed by atoms with Crippen LogP contribution in [0.25, 0.3) is 0 Å². The molecule has 0 saturated carbocycles. The molecule has 0 heterocycles. The van der Waals surface area contributed by atoms with Gasteiger partial charge >= 0.3 is 0 Å². The van der Waals surface area contributed by atoms with Gasteiger partial charge < -0.3 is 15.0 Å². The highest BCUT2D eigenvalue weighted by Crippen LogP contribution is 2.31. The Hall–Kier alpha value is -3.19. The largest absolute Gasteiger partial charge is 0.483 e. The van der Waals surface area contributed by atoms with Crippen molar-refractivity contribution in [3.8, 4) is 5.75 Å². The summed E-state index contributed by atoms with van der Waals surface area (Å²) >= 11 is 3.57. The summed E-state index contributed by atoms with van der Waals surface area (Å²) in [6, 6.07) is 20.6. The van der Waals surface area contributed by atoms with Gasteiger partial charge in [0, 0.05) is 19.5 Å². The highest BCUT2D eigenvalue weighted by Gasteiger charge is 2.31. The summed E-state index contributed by atoms with van der Waals surface area (Å²) in [6.07, 6.45) is 0.335. The van der Waals surface area contributed by atoms with Crippen LogP contribution in [0.1, 0.15) is 51.3 Å². The van der Waals surface area contributed by atoms with E-state index in [1.165, 1.54) is 17.0 Å². The van der Waals surface area contributed by atoms with E-state index < -0.39 is 6.04 Å². The summed E-state index contributed by atoms with van der Waals surface area (Å²) in [5, 5.41) is 2.99. The molecule has 0 aromatic heterocycles. The molecule has 0 fully saturated rings. The number of hydrogen-bond acceptors (Lipinski definition) is 3. The maximum atomic E-state index is 13.7. The highest BCUT2D eigenvalue weighted by atomic mass is 79.9. The van der Waals surface area contributed by atoms with Gasteiger partial charge in [0.15, 0.2) is 6.61 Å². The molecule has 0 aliphatic heterocycles. The fourth-order valence-corrected chi connectivity index (χ4v) is 4.56. The standard InChI is InChI=1S/C32H38BrFN2O3/c1-22(2)19-35-31(38)28(17-23-9-7-6-8-10-23)36(20-24-11-14-26(34)15-12-24)30(37)21-39-29-16-13-25(18-27(29)33)32(3,4)5/h6-16,18,22,28H,17,19-21H2,1-5H3,(H,35,38). The molecule has 0 spiro atoms. The van der Waals surface area contributed by atoms with E-state index in [1.807, 2.05) is 62.4 Å². The van der Waals surface area contributed by atoms with Gasteiger partial charge in [-0.15, -0.1) is 0 Å². The summed E-state index contributed by atoms with van der Waals surface area (Å²) in [5.74, 6) is -0.143. The van der Waals surface area contributed by atoms with Crippen LogP contribution < -0.4 is 10.1 Å². The Labute approximate surface area is 239 Å². The molecule has 0 saturated heterocycles. The first kappa shape index (κ1) is 30.4. The lowest BCUT2D eigenvalue weighted by molar-refractivity contribution is -0.142. The highest BCUT2D eigenvalue weighted by molar-refractivity contribution is 9.10. The molecule has 0 bridgehead atoms. The van der Waals surface area contributed by atoms with E-state index in [2.05, 4.69) is 42.0 Å². The molecule has 1 unspecified atom stereocenters. The Morgan fingerprint density at radius 1 is 0.974 bits per heavy atom. The molecule has 7 heteroatoms. The topological polar surface area (TPSA) is 58.6 Å². The lowest BCUT2D eigenvalue weighted by Gasteiger charge is -2.32. The zero-order chi connectivity index (χ0) is 28.6. The summed E-state index contributed by atoms with van der Waals surface area (Å²) in [7, 11) is 0. The van der Waals surface area contributed by atoms with Crippen molar-refractivity contribution >= 4 is 27.7 Å². The van der Waals surface area contributed by atoms with Gasteiger partial charge in [-0.3, -0.25) is 9.59 Å². The molecule has 208 valence electrons. The smallest absolute Gasteiger partial charge is 0.261 e. The summed E-state index contributed by atoms with van der Waals surface area (Å²) in [6.45, 7) is 10.8. The van der Waals surface area contributed by atoms with Crippen LogP contribution >= 0.6 is 15.9 Å². The number of benzene rings is 3. The third kappa shape index (κ3) is 9.20. The fraction of sp³-hybridized carbons (Fsp3) is 0.375. The quantitative estimate of drug-likeness (QED) is 0.269. The first-order chi connectivity index (χ1) is 18.4. The van der Waals surface area contributed by atoms with Crippen molar-refractivity contribution in [3.05, 3.63) is 99.8 Å². The zero-order valence-electron chi connectivity index (χ0n) is 23.3. The van der Waals surface area contributed by atoms with E-state index >= 15 is 0 Å². The second-order valence-corrected chi connectivity index (χ2v) is 12.0. The normalized spacial score (nSPS) is 12.2. The molecular formula is C32H38BrFN2O3. The average molecular weight is 598 g/mol. The minimum Gasteiger partial charge on any atom is -0.483 e. The number of hydrogen-bond donors (Lipinski definition) is 1. The number of carbonyl (C=O) groups is 2. The third-order valence-corrected chi connectivity index (χ3v) is 6.99. The van der Waals surface area contributed by atoms with Crippen molar-refractivity contribution in [3.63, 3.8) is 0 Å². The Balaban J connectivity index is 1.90. The maximum absolute atomic E-state index is 13.7. The summed E-state index contributed by atoms with van der Waals surface area (Å²) in [5.41, 5.74) is 2.75. The molecule has 0 aliphatic carbocycles. The molecule has 2 amide bonds. The number of halogens is 2. The van der Waals surface area contributed by atoms with E-state index in [0.717, 1.165) is 21.2 Å². The lowest BCUT2D eigenvalue weighted by Crippen LogP contribution is -2.52. The molecule has 0 aliphatic rings. The molecular weight excluding hydrogens is 559 g/mol. The van der Waals surface area contributed by atoms with Crippen molar-refractivity contribution < 1.29 is 18.7 Å². The minimum absolute atomic E-state index is 0.0309. The number of amides is 2. The molecule has 3 aromatic carbocycles. The second-order valence-electron chi connectivity index (χ2n) is 11.2. The SMILES string of the molecule is CC(C)CNC(=O)C(Cc1ccccc1)N(Cc1ccc(F)cc1)C(=O)COc1ccc(C(C)(C)C)cc1Br. The van der Waals surface area contributed by atoms with Crippen LogP contribution in [0.4, 0.5) is 4.39 Å². The first-order valence-corrected chi connectivity index (χ1v) is 14.0. The number of rotatable bonds is 11. The van der Waals surface area contributed by atoms with Crippen LogP contribution in [0.3, 0.4) is 0 Å². The van der Waals surface area contributed by atoms with E-state index in [-0.39, 0.29) is 42.1 Å². The van der Waals surface area contributed by atoms with E-state index in [9.17, 15) is 14.0 Å². The molecule has 39 heavy (non-hydrogen) atoms. The Morgan fingerprint density at radius 2 is 1.64 bits per heavy atom. The third-order valence-electron chi connectivity index (χ3n) is 6.37. The van der Waals surface area contributed by atoms with E-state index in [4.69, 9.17) is 4.74 Å². The van der Waals surface area contributed by atoms with Crippen molar-refractivity contribution in [1.29, 1.82) is 0 Å². The molecule has 1 N–H and O–H groups in total. The van der Waals surface area contributed by atoms with Crippen LogP contribution in [-0.2, 0) is 28.0 Å². The molecule has 0 radical (unpaired) electrons. The van der Waals surface area contributed by atoms with Gasteiger partial charge in [-0.2, -0.15) is 0 Å². The van der Waals surface area contributed by atoms with Crippen molar-refractivity contribution in [1.82, 2.24) is 10.2 Å². The van der Waals surface area contributed by atoms with Crippen LogP contribution in [0.15, 0.2) is 77.3 Å². The van der Waals surface area contributed by atoms with Gasteiger partial charge in [0.05, 0.1) is 4.47 Å². The van der Waals surface area contributed by atoms with Crippen LogP contribution in [0, 0.1) is 11.7 Å². The second kappa shape index (κ2) is 13.7. The summed E-state index contributed by atoms with van der Waals surface area (Å²) < 4.78 is 20.3. The van der Waals surface area contributed by atoms with Crippen molar-refractivity contribution in [2.24, 2.45) is 5.92 Å². The van der Waals surface area contributed by atoms with Gasteiger partial charge in [-0.25, -0.2) is 4.39 Å². The Bertz CT molecular complexity index is 1240. The molecule has 1 atom stereocenters. The van der Waals surface area contributed by atoms with Crippen LogP contribution in [0.5, 0.6) is 5.75 Å². The van der Waals surface area contributed by atoms with Gasteiger partial charge in [-0.1, -0.05) is 83.1 Å². The Kier molecular flexibility index (Phi) is 10.7. The zero-order valence-corrected chi connectivity index (χ0v) is 24.9. The van der Waals surface area contributed by atoms with Crippen LogP contribution in [0.2, 0.25) is 0 Å². The average Bonchev–Trinajstić information content (AvgIpc) is 2.89. The van der Waals surface area contributed by atoms with Crippen molar-refractivity contribution in [2.45, 2.75) is 59.0 Å². The molecule has 5 nitrogen and oxygen atoms in total. The number of ether oxygens (including phenoxy) is 1. The van der Waals surface area contributed by atoms with Crippen molar-refractivity contribution in [2.75, 3.05) is 13.2 Å². The van der Waals surface area contributed by atoms with Crippen LogP contribution in [-0.4, -0.2) is 35.9 Å². The summed E-state index contributed by atoms with van der Waals surface area (Å²) in [4.78, 5) is 28.8. The monoisotopic (exact) mass is 596 g/mol. The first-order valence-electron chi connectivity index (χ1n) is 13.2. The predicted molar refractivity (Wildman–Crippen MR) is 157 cm³/mol. The number of nitrogens with one attached hydrogen (secondary N) is 1. The molecule has 3 rings (SSSR count). The Morgan fingerprint density at radius 3 is 2.23 bits per heavy atom. The predicted octanol–water partition coefficient (Wildman–Crippen LogP) is 6.68. The van der Waals surface area contributed by atoms with Gasteiger partial charge in [0.1, 0.15) is 17.6 Å². The minimum atomic E-state index is -0.779. The lowest BCUT2D eigenvalue weighted by atomic mass is 9.87. The van der Waals surface area contributed by atoms with Gasteiger partial charge in [-0.05, 0) is 68.2 Å². The van der Waals surface area contributed by atoms with Gasteiger partial charge in [0.25, 0.3) is 5.91 Å². The van der Waals surface area contributed by atoms with Gasteiger partial charge in [0.2, 0.25) is 5.91 Å². The van der Waals surface area contributed by atoms with E-state index in [1.54, 1.807) is 12.1 Å².